The molecule has 0 aromatic heterocycles. The lowest BCUT2D eigenvalue weighted by Crippen LogP contribution is -2.28. The van der Waals surface area contributed by atoms with E-state index in [1.165, 1.54) is 6.07 Å². The summed E-state index contributed by atoms with van der Waals surface area (Å²) in [5.41, 5.74) is 6.18. The zero-order chi connectivity index (χ0) is 12.4. The van der Waals surface area contributed by atoms with Crippen LogP contribution < -0.4 is 16.0 Å². The molecule has 0 spiro atoms. The summed E-state index contributed by atoms with van der Waals surface area (Å²) in [5, 5.41) is 3.46. The highest BCUT2D eigenvalue weighted by Gasteiger charge is 2.17. The van der Waals surface area contributed by atoms with Crippen LogP contribution in [0.3, 0.4) is 0 Å². The number of nitrogens with one attached hydrogen (secondary N) is 1. The lowest BCUT2D eigenvalue weighted by Gasteiger charge is -2.22. The van der Waals surface area contributed by atoms with Crippen LogP contribution in [0.4, 0.5) is 10.1 Å². The zero-order valence-electron chi connectivity index (χ0n) is 9.58. The van der Waals surface area contributed by atoms with Gasteiger partial charge in [-0.3, -0.25) is 0 Å². The minimum absolute atomic E-state index is 0.301. The zero-order valence-corrected chi connectivity index (χ0v) is 10.3. The molecule has 3 nitrogen and oxygen atoms in total. The van der Waals surface area contributed by atoms with Gasteiger partial charge in [0.15, 0.2) is 0 Å². The third kappa shape index (κ3) is 2.82. The highest BCUT2D eigenvalue weighted by atomic mass is 35.5. The van der Waals surface area contributed by atoms with E-state index in [0.717, 1.165) is 6.54 Å². The lowest BCUT2D eigenvalue weighted by molar-refractivity contribution is 0.602. The molecule has 0 radical (unpaired) electrons. The summed E-state index contributed by atoms with van der Waals surface area (Å²) in [5.74, 6) is 0.693. The third-order valence-corrected chi connectivity index (χ3v) is 3.05. The first-order valence-electron chi connectivity index (χ1n) is 5.43. The predicted molar refractivity (Wildman–Crippen MR) is 68.4 cm³/mol. The van der Waals surface area contributed by atoms with Crippen LogP contribution in [0.2, 0.25) is 5.02 Å². The number of nitrogens with zero attached hydrogens (tertiary/aromatic N) is 1. The van der Waals surface area contributed by atoms with Crippen molar-refractivity contribution in [3.05, 3.63) is 40.9 Å². The first-order valence-corrected chi connectivity index (χ1v) is 5.81. The minimum Gasteiger partial charge on any atom is -0.386 e. The van der Waals surface area contributed by atoms with Crippen molar-refractivity contribution >= 4 is 17.3 Å². The largest absolute Gasteiger partial charge is 0.386 e. The van der Waals surface area contributed by atoms with Crippen LogP contribution in [0.1, 0.15) is 0 Å². The Labute approximate surface area is 105 Å². The van der Waals surface area contributed by atoms with E-state index in [-0.39, 0.29) is 5.82 Å². The molecular formula is C12H15ClFN3. The normalized spacial score (nSPS) is 18.8. The number of rotatable bonds is 3. The Balaban J connectivity index is 2.07. The van der Waals surface area contributed by atoms with E-state index in [9.17, 15) is 4.39 Å². The van der Waals surface area contributed by atoms with Gasteiger partial charge in [-0.2, -0.15) is 0 Å². The Morgan fingerprint density at radius 2 is 2.35 bits per heavy atom. The Hall–Kier alpha value is -1.42. The molecule has 1 heterocycles. The van der Waals surface area contributed by atoms with Gasteiger partial charge in [-0.25, -0.2) is 4.39 Å². The third-order valence-electron chi connectivity index (χ3n) is 2.81. The van der Waals surface area contributed by atoms with Gasteiger partial charge in [0, 0.05) is 31.1 Å². The van der Waals surface area contributed by atoms with Crippen LogP contribution in [0, 0.1) is 11.7 Å². The highest BCUT2D eigenvalue weighted by Crippen LogP contribution is 2.23. The molecule has 92 valence electrons. The standard InChI is InChI=1S/C12H15ClFN3/c1-17(7-8-4-12(15)16-6-8)11-3-2-9(13)5-10(11)14/h2-5,8,16H,6-7,15H2,1H3/t8-/m0/s1. The van der Waals surface area contributed by atoms with E-state index in [1.807, 2.05) is 18.0 Å². The van der Waals surface area contributed by atoms with E-state index in [4.69, 9.17) is 17.3 Å². The van der Waals surface area contributed by atoms with E-state index >= 15 is 0 Å². The van der Waals surface area contributed by atoms with Gasteiger partial charge in [0.25, 0.3) is 0 Å². The fourth-order valence-corrected chi connectivity index (χ4v) is 2.14. The van der Waals surface area contributed by atoms with Crippen molar-refractivity contribution in [2.24, 2.45) is 11.7 Å². The van der Waals surface area contributed by atoms with Gasteiger partial charge < -0.3 is 16.0 Å². The molecule has 17 heavy (non-hydrogen) atoms. The maximum atomic E-state index is 13.7. The number of halogens is 2. The first kappa shape index (κ1) is 12.0. The molecular weight excluding hydrogens is 241 g/mol. The number of nitrogens with two attached hydrogens (primary N) is 1. The molecule has 2 rings (SSSR count). The second kappa shape index (κ2) is 4.84. The molecule has 1 aliphatic heterocycles. The molecule has 1 atom stereocenters. The summed E-state index contributed by atoms with van der Waals surface area (Å²) in [7, 11) is 1.86. The maximum Gasteiger partial charge on any atom is 0.147 e. The topological polar surface area (TPSA) is 41.3 Å². The van der Waals surface area contributed by atoms with Crippen LogP contribution in [-0.2, 0) is 0 Å². The van der Waals surface area contributed by atoms with Crippen LogP contribution in [-0.4, -0.2) is 20.1 Å². The summed E-state index contributed by atoms with van der Waals surface area (Å²) in [6.07, 6.45) is 1.96. The summed E-state index contributed by atoms with van der Waals surface area (Å²) in [6, 6.07) is 4.70. The fourth-order valence-electron chi connectivity index (χ4n) is 1.98. The van der Waals surface area contributed by atoms with Crippen molar-refractivity contribution in [2.45, 2.75) is 0 Å². The SMILES string of the molecule is CN(C[C@H]1C=C(N)NC1)c1ccc(Cl)cc1F. The van der Waals surface area contributed by atoms with Crippen molar-refractivity contribution in [3.8, 4) is 0 Å². The molecule has 5 heteroatoms. The molecule has 1 aromatic carbocycles. The number of anilines is 1. The quantitative estimate of drug-likeness (QED) is 0.867. The second-order valence-electron chi connectivity index (χ2n) is 4.24. The molecule has 3 N–H and O–H groups in total. The molecule has 0 unspecified atom stereocenters. The molecule has 0 amide bonds. The van der Waals surface area contributed by atoms with Gasteiger partial charge in [-0.15, -0.1) is 0 Å². The second-order valence-corrected chi connectivity index (χ2v) is 4.68. The molecule has 0 aliphatic carbocycles. The van der Waals surface area contributed by atoms with Crippen molar-refractivity contribution in [1.82, 2.24) is 5.32 Å². The minimum atomic E-state index is -0.303. The molecule has 0 saturated carbocycles. The van der Waals surface area contributed by atoms with Gasteiger partial charge in [0.2, 0.25) is 0 Å². The number of benzene rings is 1. The average Bonchev–Trinajstić information content (AvgIpc) is 2.63. The van der Waals surface area contributed by atoms with Crippen molar-refractivity contribution in [2.75, 3.05) is 25.0 Å². The molecule has 0 saturated heterocycles. The van der Waals surface area contributed by atoms with E-state index in [1.54, 1.807) is 12.1 Å². The van der Waals surface area contributed by atoms with Gasteiger partial charge in [0.1, 0.15) is 5.82 Å². The lowest BCUT2D eigenvalue weighted by atomic mass is 10.1. The van der Waals surface area contributed by atoms with E-state index < -0.39 is 0 Å². The summed E-state index contributed by atoms with van der Waals surface area (Å²) in [4.78, 5) is 1.87. The van der Waals surface area contributed by atoms with Crippen LogP contribution in [0.25, 0.3) is 0 Å². The Morgan fingerprint density at radius 1 is 1.59 bits per heavy atom. The smallest absolute Gasteiger partial charge is 0.147 e. The van der Waals surface area contributed by atoms with Crippen LogP contribution in [0.5, 0.6) is 0 Å². The van der Waals surface area contributed by atoms with E-state index in [2.05, 4.69) is 5.32 Å². The Bertz CT molecular complexity index is 447. The monoisotopic (exact) mass is 255 g/mol. The van der Waals surface area contributed by atoms with Gasteiger partial charge in [-0.1, -0.05) is 11.6 Å². The molecule has 0 fully saturated rings. The molecule has 1 aromatic rings. The summed E-state index contributed by atoms with van der Waals surface area (Å²) < 4.78 is 13.7. The van der Waals surface area contributed by atoms with Crippen LogP contribution >= 0.6 is 11.6 Å². The van der Waals surface area contributed by atoms with Crippen molar-refractivity contribution < 1.29 is 4.39 Å². The summed E-state index contributed by atoms with van der Waals surface area (Å²) >= 11 is 5.72. The van der Waals surface area contributed by atoms with Crippen molar-refractivity contribution in [1.29, 1.82) is 0 Å². The Morgan fingerprint density at radius 3 is 2.94 bits per heavy atom. The van der Waals surface area contributed by atoms with Crippen LogP contribution in [0.15, 0.2) is 30.1 Å². The predicted octanol–water partition coefficient (Wildman–Crippen LogP) is 1.93. The first-order chi connectivity index (χ1) is 8.06. The summed E-state index contributed by atoms with van der Waals surface area (Å²) in [6.45, 7) is 1.51. The average molecular weight is 256 g/mol. The van der Waals surface area contributed by atoms with Gasteiger partial charge in [-0.05, 0) is 24.3 Å². The van der Waals surface area contributed by atoms with Gasteiger partial charge in [0.05, 0.1) is 11.5 Å². The number of hydrogen-bond acceptors (Lipinski definition) is 3. The van der Waals surface area contributed by atoms with E-state index in [0.29, 0.717) is 29.0 Å². The maximum absolute atomic E-state index is 13.7. The molecule has 1 aliphatic rings. The number of hydrogen-bond donors (Lipinski definition) is 2. The fraction of sp³-hybridized carbons (Fsp3) is 0.333. The molecule has 0 bridgehead atoms. The van der Waals surface area contributed by atoms with Gasteiger partial charge >= 0.3 is 0 Å². The highest BCUT2D eigenvalue weighted by molar-refractivity contribution is 6.30. The Kier molecular flexibility index (Phi) is 3.43. The van der Waals surface area contributed by atoms with Crippen molar-refractivity contribution in [3.63, 3.8) is 0 Å².